The van der Waals surface area contributed by atoms with Crippen LogP contribution in [0.3, 0.4) is 0 Å². The van der Waals surface area contributed by atoms with Gasteiger partial charge < -0.3 is 14.7 Å². The van der Waals surface area contributed by atoms with E-state index < -0.39 is 0 Å². The van der Waals surface area contributed by atoms with Crippen molar-refractivity contribution >= 4 is 17.4 Å². The molecule has 2 heterocycles. The minimum atomic E-state index is -0.0620. The third-order valence-electron chi connectivity index (χ3n) is 4.67. The molecular weight excluding hydrogens is 322 g/mol. The second kappa shape index (κ2) is 7.83. The first-order valence-electron chi connectivity index (χ1n) is 8.60. The Hall–Kier alpha value is -1.82. The van der Waals surface area contributed by atoms with Crippen molar-refractivity contribution in [3.63, 3.8) is 0 Å². The maximum absolute atomic E-state index is 12.7. The van der Waals surface area contributed by atoms with Crippen LogP contribution in [0.2, 0.25) is 0 Å². The van der Waals surface area contributed by atoms with Crippen molar-refractivity contribution in [1.82, 2.24) is 15.4 Å². The molecule has 1 N–H and O–H groups in total. The highest BCUT2D eigenvalue weighted by molar-refractivity contribution is 7.10. The van der Waals surface area contributed by atoms with Crippen molar-refractivity contribution in [2.75, 3.05) is 7.05 Å². The fourth-order valence-electron chi connectivity index (χ4n) is 3.40. The van der Waals surface area contributed by atoms with Gasteiger partial charge in [0.05, 0.1) is 18.3 Å². The first-order valence-corrected chi connectivity index (χ1v) is 9.48. The highest BCUT2D eigenvalue weighted by Gasteiger charge is 2.28. The van der Waals surface area contributed by atoms with Gasteiger partial charge in [-0.1, -0.05) is 30.5 Å². The smallest absolute Gasteiger partial charge is 0.318 e. The number of carbonyl (C=O) groups is 1. The van der Waals surface area contributed by atoms with Crippen molar-refractivity contribution in [1.29, 1.82) is 0 Å². The second-order valence-corrected chi connectivity index (χ2v) is 7.61. The lowest BCUT2D eigenvalue weighted by molar-refractivity contribution is 0.186. The Morgan fingerprint density at radius 2 is 2.25 bits per heavy atom. The van der Waals surface area contributed by atoms with Crippen LogP contribution < -0.4 is 5.32 Å². The Balaban J connectivity index is 1.66. The van der Waals surface area contributed by atoms with Gasteiger partial charge in [0.2, 0.25) is 0 Å². The zero-order chi connectivity index (χ0) is 16.9. The van der Waals surface area contributed by atoms with Gasteiger partial charge in [0.1, 0.15) is 0 Å². The van der Waals surface area contributed by atoms with Gasteiger partial charge >= 0.3 is 6.03 Å². The molecule has 1 aliphatic carbocycles. The molecule has 2 aromatic heterocycles. The van der Waals surface area contributed by atoms with E-state index in [2.05, 4.69) is 28.0 Å². The van der Waals surface area contributed by atoms with E-state index in [-0.39, 0.29) is 12.1 Å². The molecule has 1 fully saturated rings. The Labute approximate surface area is 147 Å². The fourth-order valence-corrected chi connectivity index (χ4v) is 4.27. The molecule has 0 aliphatic heterocycles. The Bertz CT molecular complexity index is 647. The number of hydrogen-bond donors (Lipinski definition) is 1. The van der Waals surface area contributed by atoms with Crippen LogP contribution in [0.5, 0.6) is 0 Å². The number of aryl methyl sites for hydroxylation is 1. The van der Waals surface area contributed by atoms with E-state index in [0.717, 1.165) is 5.69 Å². The van der Waals surface area contributed by atoms with Crippen molar-refractivity contribution in [2.45, 2.75) is 51.6 Å². The minimum absolute atomic E-state index is 0.0620. The van der Waals surface area contributed by atoms with Crippen molar-refractivity contribution < 1.29 is 9.32 Å². The molecule has 3 rings (SSSR count). The van der Waals surface area contributed by atoms with Gasteiger partial charge in [-0.05, 0) is 37.1 Å². The lowest BCUT2D eigenvalue weighted by Crippen LogP contribution is -2.41. The summed E-state index contributed by atoms with van der Waals surface area (Å²) in [5, 5.41) is 9.21. The summed E-state index contributed by atoms with van der Waals surface area (Å²) < 4.78 is 5.21. The minimum Gasteiger partial charge on any atom is -0.359 e. The zero-order valence-electron chi connectivity index (χ0n) is 14.3. The maximum atomic E-state index is 12.7. The first kappa shape index (κ1) is 17.0. The molecule has 0 aromatic carbocycles. The van der Waals surface area contributed by atoms with Gasteiger partial charge in [0.15, 0.2) is 5.76 Å². The summed E-state index contributed by atoms with van der Waals surface area (Å²) in [6.07, 6.45) is 6.21. The van der Waals surface area contributed by atoms with Gasteiger partial charge in [-0.15, -0.1) is 11.3 Å². The first-order chi connectivity index (χ1) is 11.6. The van der Waals surface area contributed by atoms with E-state index in [9.17, 15) is 4.79 Å². The molecule has 130 valence electrons. The molecule has 0 radical (unpaired) electrons. The number of thiophene rings is 1. The van der Waals surface area contributed by atoms with Crippen LogP contribution >= 0.6 is 11.3 Å². The second-order valence-electron chi connectivity index (χ2n) is 6.63. The predicted octanol–water partition coefficient (Wildman–Crippen LogP) is 4.51. The van der Waals surface area contributed by atoms with Gasteiger partial charge in [-0.25, -0.2) is 4.79 Å². The molecule has 24 heavy (non-hydrogen) atoms. The van der Waals surface area contributed by atoms with Crippen LogP contribution in [0, 0.1) is 12.8 Å². The van der Waals surface area contributed by atoms with Crippen molar-refractivity contribution in [3.05, 3.63) is 39.9 Å². The van der Waals surface area contributed by atoms with E-state index in [1.807, 2.05) is 13.0 Å². The van der Waals surface area contributed by atoms with Crippen LogP contribution in [0.15, 0.2) is 28.1 Å². The molecule has 0 saturated heterocycles. The number of nitrogens with one attached hydrogen (secondary N) is 1. The van der Waals surface area contributed by atoms with Gasteiger partial charge in [0, 0.05) is 18.0 Å². The number of aromatic nitrogens is 1. The molecule has 0 bridgehead atoms. The average molecular weight is 347 g/mol. The van der Waals surface area contributed by atoms with Crippen LogP contribution in [-0.4, -0.2) is 23.1 Å². The highest BCUT2D eigenvalue weighted by atomic mass is 32.1. The molecular formula is C18H25N3O2S. The molecule has 1 saturated carbocycles. The lowest BCUT2D eigenvalue weighted by Gasteiger charge is -2.31. The number of rotatable bonds is 5. The number of nitrogens with zero attached hydrogens (tertiary/aromatic N) is 2. The molecule has 2 aromatic rings. The number of carbonyl (C=O) groups excluding carboxylic acids is 1. The molecule has 1 atom stereocenters. The number of amides is 2. The van der Waals surface area contributed by atoms with E-state index in [0.29, 0.717) is 18.2 Å². The van der Waals surface area contributed by atoms with Crippen LogP contribution in [-0.2, 0) is 6.54 Å². The zero-order valence-corrected chi connectivity index (χ0v) is 15.1. The lowest BCUT2D eigenvalue weighted by atomic mass is 9.83. The summed E-state index contributed by atoms with van der Waals surface area (Å²) in [7, 11) is 1.79. The Kier molecular flexibility index (Phi) is 5.56. The maximum Gasteiger partial charge on any atom is 0.318 e. The van der Waals surface area contributed by atoms with Crippen LogP contribution in [0.4, 0.5) is 4.79 Å². The third-order valence-corrected chi connectivity index (χ3v) is 5.62. The molecule has 0 unspecified atom stereocenters. The Morgan fingerprint density at radius 3 is 2.88 bits per heavy atom. The van der Waals surface area contributed by atoms with Crippen molar-refractivity contribution in [2.24, 2.45) is 5.92 Å². The van der Waals surface area contributed by atoms with Gasteiger partial charge in [-0.3, -0.25) is 0 Å². The molecule has 2 amide bonds. The van der Waals surface area contributed by atoms with Gasteiger partial charge in [0.25, 0.3) is 0 Å². The van der Waals surface area contributed by atoms with E-state index in [4.69, 9.17) is 4.52 Å². The topological polar surface area (TPSA) is 58.4 Å². The van der Waals surface area contributed by atoms with Gasteiger partial charge in [-0.2, -0.15) is 0 Å². The van der Waals surface area contributed by atoms with Crippen LogP contribution in [0.25, 0.3) is 0 Å². The normalized spacial score (nSPS) is 16.8. The standard InChI is InChI=1S/C18H25N3O2S/c1-13-11-15(23-20-13)12-21(2)18(22)19-17(16-9-6-10-24-16)14-7-4-3-5-8-14/h6,9-11,14,17H,3-5,7-8,12H2,1-2H3,(H,19,22)/t17-/m0/s1. The number of urea groups is 1. The fraction of sp³-hybridized carbons (Fsp3) is 0.556. The quantitative estimate of drug-likeness (QED) is 0.866. The van der Waals surface area contributed by atoms with E-state index in [1.54, 1.807) is 23.3 Å². The molecule has 6 heteroatoms. The summed E-state index contributed by atoms with van der Waals surface area (Å²) in [5.41, 5.74) is 0.831. The van der Waals surface area contributed by atoms with E-state index >= 15 is 0 Å². The summed E-state index contributed by atoms with van der Waals surface area (Å²) in [6.45, 7) is 2.30. The SMILES string of the molecule is Cc1cc(CN(C)C(=O)N[C@H](c2cccs2)C2CCCCC2)on1. The number of hydrogen-bond acceptors (Lipinski definition) is 4. The summed E-state index contributed by atoms with van der Waals surface area (Å²) in [6, 6.07) is 6.10. The average Bonchev–Trinajstić information content (AvgIpc) is 3.25. The molecule has 5 nitrogen and oxygen atoms in total. The molecule has 1 aliphatic rings. The van der Waals surface area contributed by atoms with Crippen molar-refractivity contribution in [3.8, 4) is 0 Å². The summed E-state index contributed by atoms with van der Waals surface area (Å²) in [5.74, 6) is 1.23. The van der Waals surface area contributed by atoms with E-state index in [1.165, 1.54) is 37.0 Å². The largest absolute Gasteiger partial charge is 0.359 e. The Morgan fingerprint density at radius 1 is 1.46 bits per heavy atom. The third kappa shape index (κ3) is 4.17. The van der Waals surface area contributed by atoms with Crippen LogP contribution in [0.1, 0.15) is 54.5 Å². The summed E-state index contributed by atoms with van der Waals surface area (Å²) in [4.78, 5) is 15.6. The highest BCUT2D eigenvalue weighted by Crippen LogP contribution is 2.36. The molecule has 0 spiro atoms. The monoisotopic (exact) mass is 347 g/mol. The summed E-state index contributed by atoms with van der Waals surface area (Å²) >= 11 is 1.72. The predicted molar refractivity (Wildman–Crippen MR) is 94.9 cm³/mol.